The Hall–Kier alpha value is -1.39. The molecular formula is C23H40O4. The molecular weight excluding hydrogens is 340 g/mol. The molecule has 0 fully saturated rings. The molecule has 156 valence electrons. The lowest BCUT2D eigenvalue weighted by atomic mass is 10.1. The highest BCUT2D eigenvalue weighted by atomic mass is 16.6. The smallest absolute Gasteiger partial charge is 0.305 e. The Labute approximate surface area is 166 Å². The molecule has 4 nitrogen and oxygen atoms in total. The van der Waals surface area contributed by atoms with E-state index in [0.717, 1.165) is 32.1 Å². The van der Waals surface area contributed by atoms with Crippen LogP contribution >= 0.6 is 0 Å². The highest BCUT2D eigenvalue weighted by Gasteiger charge is 2.10. The van der Waals surface area contributed by atoms with Crippen LogP contribution in [-0.4, -0.2) is 39.5 Å². The summed E-state index contributed by atoms with van der Waals surface area (Å²) in [5, 5.41) is 0. The average molecular weight is 381 g/mol. The third-order valence-corrected chi connectivity index (χ3v) is 4.14. The van der Waals surface area contributed by atoms with Crippen LogP contribution in [-0.2, 0) is 19.0 Å². The fraction of sp³-hybridized carbons (Fsp3) is 0.696. The van der Waals surface area contributed by atoms with Crippen LogP contribution in [0.15, 0.2) is 36.5 Å². The first-order chi connectivity index (χ1) is 13.2. The molecule has 0 aromatic carbocycles. The molecule has 4 heteroatoms. The number of ether oxygens (including phenoxy) is 3. The van der Waals surface area contributed by atoms with Gasteiger partial charge in [-0.2, -0.15) is 0 Å². The lowest BCUT2D eigenvalue weighted by molar-refractivity contribution is -0.148. The topological polar surface area (TPSA) is 44.8 Å². The maximum atomic E-state index is 11.7. The van der Waals surface area contributed by atoms with Crippen LogP contribution in [0.1, 0.15) is 71.1 Å². The number of carbonyl (C=O) groups is 1. The van der Waals surface area contributed by atoms with Gasteiger partial charge in [-0.3, -0.25) is 4.79 Å². The second-order valence-corrected chi connectivity index (χ2v) is 6.62. The summed E-state index contributed by atoms with van der Waals surface area (Å²) >= 11 is 0. The predicted molar refractivity (Wildman–Crippen MR) is 113 cm³/mol. The number of hydrogen-bond donors (Lipinski definition) is 0. The summed E-state index contributed by atoms with van der Waals surface area (Å²) in [6.07, 6.45) is 23.6. The molecule has 0 heterocycles. The summed E-state index contributed by atoms with van der Waals surface area (Å²) in [6.45, 7) is 2.92. The minimum absolute atomic E-state index is 0.164. The lowest BCUT2D eigenvalue weighted by Crippen LogP contribution is -2.25. The highest BCUT2D eigenvalue weighted by molar-refractivity contribution is 5.69. The molecule has 0 bridgehead atoms. The Kier molecular flexibility index (Phi) is 19.8. The van der Waals surface area contributed by atoms with Crippen molar-refractivity contribution < 1.29 is 19.0 Å². The molecule has 0 rings (SSSR count). The van der Waals surface area contributed by atoms with Gasteiger partial charge in [0.2, 0.25) is 0 Å². The average Bonchev–Trinajstić information content (AvgIpc) is 2.68. The van der Waals surface area contributed by atoms with Gasteiger partial charge in [0.05, 0.1) is 6.61 Å². The highest BCUT2D eigenvalue weighted by Crippen LogP contribution is 2.04. The van der Waals surface area contributed by atoms with Crippen molar-refractivity contribution in [2.75, 3.05) is 27.4 Å². The number of hydrogen-bond acceptors (Lipinski definition) is 4. The fourth-order valence-corrected chi connectivity index (χ4v) is 2.45. The minimum atomic E-state index is -0.188. The van der Waals surface area contributed by atoms with E-state index < -0.39 is 0 Å². The molecule has 0 aromatic heterocycles. The second kappa shape index (κ2) is 20.9. The monoisotopic (exact) mass is 380 g/mol. The zero-order valence-electron chi connectivity index (χ0n) is 17.7. The maximum Gasteiger partial charge on any atom is 0.305 e. The van der Waals surface area contributed by atoms with Gasteiger partial charge in [0.15, 0.2) is 0 Å². The van der Waals surface area contributed by atoms with Gasteiger partial charge in [-0.15, -0.1) is 0 Å². The Morgan fingerprint density at radius 3 is 1.96 bits per heavy atom. The third-order valence-electron chi connectivity index (χ3n) is 4.14. The molecule has 0 aliphatic heterocycles. The van der Waals surface area contributed by atoms with Gasteiger partial charge in [0.25, 0.3) is 0 Å². The Morgan fingerprint density at radius 2 is 1.41 bits per heavy atom. The molecule has 27 heavy (non-hydrogen) atoms. The van der Waals surface area contributed by atoms with Gasteiger partial charge in [0.1, 0.15) is 12.7 Å². The quantitative estimate of drug-likeness (QED) is 0.172. The van der Waals surface area contributed by atoms with Crippen molar-refractivity contribution in [3.05, 3.63) is 36.5 Å². The van der Waals surface area contributed by atoms with E-state index in [1.807, 2.05) is 0 Å². The lowest BCUT2D eigenvalue weighted by Gasteiger charge is -2.14. The summed E-state index contributed by atoms with van der Waals surface area (Å²) in [6, 6.07) is 0. The number of unbranched alkanes of at least 4 members (excludes halogenated alkanes) is 5. The molecule has 0 saturated heterocycles. The van der Waals surface area contributed by atoms with Crippen molar-refractivity contribution in [1.29, 1.82) is 0 Å². The van der Waals surface area contributed by atoms with E-state index in [4.69, 9.17) is 14.2 Å². The van der Waals surface area contributed by atoms with E-state index in [1.54, 1.807) is 14.2 Å². The van der Waals surface area contributed by atoms with Crippen molar-refractivity contribution >= 4 is 5.97 Å². The minimum Gasteiger partial charge on any atom is -0.463 e. The van der Waals surface area contributed by atoms with Gasteiger partial charge >= 0.3 is 5.97 Å². The summed E-state index contributed by atoms with van der Waals surface area (Å²) in [5.41, 5.74) is 0. The van der Waals surface area contributed by atoms with Gasteiger partial charge in [-0.1, -0.05) is 56.2 Å². The Morgan fingerprint density at radius 1 is 0.815 bits per heavy atom. The molecule has 0 aliphatic rings. The standard InChI is InChI=1S/C23H40O4/c1-4-5-6-7-8-9-10-11-12-13-14-15-16-17-18-19-23(24)27-21-22(26-3)20-25-2/h8-9,11-12,14-15,22H,4-7,10,13,16-21H2,1-3H3/b9-8-,12-11-,15-14-. The molecule has 0 saturated carbocycles. The molecule has 0 aliphatic carbocycles. The summed E-state index contributed by atoms with van der Waals surface area (Å²) in [7, 11) is 3.19. The first-order valence-corrected chi connectivity index (χ1v) is 10.4. The van der Waals surface area contributed by atoms with Gasteiger partial charge in [-0.25, -0.2) is 0 Å². The van der Waals surface area contributed by atoms with E-state index in [0.29, 0.717) is 13.0 Å². The molecule has 0 amide bonds. The van der Waals surface area contributed by atoms with Crippen molar-refractivity contribution in [2.45, 2.75) is 77.2 Å². The van der Waals surface area contributed by atoms with Crippen LogP contribution in [0.2, 0.25) is 0 Å². The number of carbonyl (C=O) groups excluding carboxylic acids is 1. The fourth-order valence-electron chi connectivity index (χ4n) is 2.45. The van der Waals surface area contributed by atoms with Crippen molar-refractivity contribution in [3.63, 3.8) is 0 Å². The van der Waals surface area contributed by atoms with Crippen LogP contribution in [0.25, 0.3) is 0 Å². The van der Waals surface area contributed by atoms with Crippen molar-refractivity contribution in [1.82, 2.24) is 0 Å². The summed E-state index contributed by atoms with van der Waals surface area (Å²) < 4.78 is 15.3. The third kappa shape index (κ3) is 19.2. The van der Waals surface area contributed by atoms with E-state index in [9.17, 15) is 4.79 Å². The normalized spacial score (nSPS) is 13.1. The van der Waals surface area contributed by atoms with Gasteiger partial charge in [0, 0.05) is 20.6 Å². The number of rotatable bonds is 18. The van der Waals surface area contributed by atoms with Crippen LogP contribution in [0.5, 0.6) is 0 Å². The molecule has 0 aromatic rings. The SMILES string of the molecule is CCCCC/C=C\C/C=C\C/C=C\CCCCC(=O)OCC(COC)OC. The summed E-state index contributed by atoms with van der Waals surface area (Å²) in [4.78, 5) is 11.7. The zero-order chi connectivity index (χ0) is 20.0. The second-order valence-electron chi connectivity index (χ2n) is 6.62. The first kappa shape index (κ1) is 25.6. The Bertz CT molecular complexity index is 413. The summed E-state index contributed by atoms with van der Waals surface area (Å²) in [5.74, 6) is -0.164. The van der Waals surface area contributed by atoms with Crippen molar-refractivity contribution in [2.24, 2.45) is 0 Å². The predicted octanol–water partition coefficient (Wildman–Crippen LogP) is 5.78. The molecule has 0 spiro atoms. The largest absolute Gasteiger partial charge is 0.463 e. The molecule has 0 N–H and O–H groups in total. The Balaban J connectivity index is 3.51. The molecule has 0 radical (unpaired) electrons. The molecule has 1 atom stereocenters. The first-order valence-electron chi connectivity index (χ1n) is 10.4. The molecule has 1 unspecified atom stereocenters. The zero-order valence-corrected chi connectivity index (χ0v) is 17.7. The van der Waals surface area contributed by atoms with Gasteiger partial charge in [-0.05, 0) is 44.9 Å². The maximum absolute atomic E-state index is 11.7. The van der Waals surface area contributed by atoms with E-state index in [2.05, 4.69) is 43.4 Å². The van der Waals surface area contributed by atoms with Crippen molar-refractivity contribution in [3.8, 4) is 0 Å². The van der Waals surface area contributed by atoms with Crippen LogP contribution in [0.4, 0.5) is 0 Å². The number of allylic oxidation sites excluding steroid dienone is 6. The van der Waals surface area contributed by atoms with Gasteiger partial charge < -0.3 is 14.2 Å². The van der Waals surface area contributed by atoms with E-state index >= 15 is 0 Å². The number of methoxy groups -OCH3 is 2. The van der Waals surface area contributed by atoms with Crippen LogP contribution in [0, 0.1) is 0 Å². The van der Waals surface area contributed by atoms with E-state index in [-0.39, 0.29) is 18.7 Å². The number of esters is 1. The van der Waals surface area contributed by atoms with Crippen LogP contribution in [0.3, 0.4) is 0 Å². The van der Waals surface area contributed by atoms with Crippen LogP contribution < -0.4 is 0 Å². The van der Waals surface area contributed by atoms with E-state index in [1.165, 1.54) is 25.7 Å².